The maximum Gasteiger partial charge on any atom is 0.306 e. The number of fused-ring (bicyclic) bond motifs is 1. The van der Waals surface area contributed by atoms with Crippen LogP contribution in [0.1, 0.15) is 24.6 Å². The summed E-state index contributed by atoms with van der Waals surface area (Å²) in [6.07, 6.45) is 5.27. The van der Waals surface area contributed by atoms with Crippen molar-refractivity contribution in [3.05, 3.63) is 52.7 Å². The van der Waals surface area contributed by atoms with Crippen LogP contribution in [0.25, 0.3) is 22.2 Å². The molecule has 1 saturated heterocycles. The molecule has 3 aromatic heterocycles. The number of hydrogen-bond donors (Lipinski definition) is 0. The minimum Gasteiger partial charge on any atom is -0.425 e. The van der Waals surface area contributed by atoms with Gasteiger partial charge in [0.1, 0.15) is 11.1 Å². The van der Waals surface area contributed by atoms with Crippen molar-refractivity contribution in [3.8, 4) is 22.9 Å². The highest BCUT2D eigenvalue weighted by Gasteiger charge is 2.22. The number of hydrogen-bond acceptors (Lipinski definition) is 6. The van der Waals surface area contributed by atoms with Gasteiger partial charge in [-0.25, -0.2) is 4.68 Å². The molecule has 0 atom stereocenters. The Hall–Kier alpha value is -3.46. The van der Waals surface area contributed by atoms with Crippen molar-refractivity contribution >= 4 is 11.0 Å². The van der Waals surface area contributed by atoms with Crippen LogP contribution in [0.2, 0.25) is 0 Å². The molecule has 160 valence electrons. The van der Waals surface area contributed by atoms with Crippen molar-refractivity contribution in [2.45, 2.75) is 25.8 Å². The van der Waals surface area contributed by atoms with Gasteiger partial charge in [-0.3, -0.25) is 14.0 Å². The first kappa shape index (κ1) is 19.5. The number of rotatable bonds is 4. The average Bonchev–Trinajstić information content (AvgIpc) is 3.35. The number of nitrogens with zero attached hydrogens (tertiary/aromatic N) is 6. The average molecular weight is 420 g/mol. The van der Waals surface area contributed by atoms with E-state index in [9.17, 15) is 4.79 Å². The molecule has 0 radical (unpaired) electrons. The zero-order valence-electron chi connectivity index (χ0n) is 17.8. The maximum absolute atomic E-state index is 12.9. The molecule has 1 fully saturated rings. The molecule has 0 spiro atoms. The van der Waals surface area contributed by atoms with Crippen LogP contribution in [0, 0.1) is 6.92 Å². The van der Waals surface area contributed by atoms with Gasteiger partial charge in [0, 0.05) is 39.1 Å². The quantitative estimate of drug-likeness (QED) is 0.504. The van der Waals surface area contributed by atoms with Gasteiger partial charge in [-0.15, -0.1) is 0 Å². The summed E-state index contributed by atoms with van der Waals surface area (Å²) in [6, 6.07) is 8.09. The lowest BCUT2D eigenvalue weighted by Gasteiger charge is -2.22. The molecule has 1 aliphatic heterocycles. The van der Waals surface area contributed by atoms with E-state index in [0.29, 0.717) is 30.0 Å². The molecular formula is C22H24N6O3. The van der Waals surface area contributed by atoms with Crippen LogP contribution < -0.4 is 10.3 Å². The minimum absolute atomic E-state index is 0.167. The highest BCUT2D eigenvalue weighted by Crippen LogP contribution is 2.28. The standard InChI is InChI=1S/C22H24N6O3/c1-14-19(13-26(2)25-14)15-4-6-17(7-5-15)31-22-24-20-18(21(29)27(22)3)12-23-28(20)16-8-10-30-11-9-16/h4-7,12-13,16H,8-11H2,1-3H3. The number of benzene rings is 1. The van der Waals surface area contributed by atoms with E-state index in [-0.39, 0.29) is 17.6 Å². The summed E-state index contributed by atoms with van der Waals surface area (Å²) >= 11 is 0. The lowest BCUT2D eigenvalue weighted by atomic mass is 10.1. The molecule has 0 amide bonds. The van der Waals surface area contributed by atoms with Crippen LogP contribution in [0.3, 0.4) is 0 Å². The van der Waals surface area contributed by atoms with Gasteiger partial charge < -0.3 is 9.47 Å². The van der Waals surface area contributed by atoms with E-state index in [0.717, 1.165) is 29.7 Å². The fourth-order valence-corrected chi connectivity index (χ4v) is 4.03. The summed E-state index contributed by atoms with van der Waals surface area (Å²) in [5.41, 5.74) is 3.45. The van der Waals surface area contributed by atoms with E-state index in [1.54, 1.807) is 17.9 Å². The van der Waals surface area contributed by atoms with Crippen molar-refractivity contribution in [1.29, 1.82) is 0 Å². The van der Waals surface area contributed by atoms with Crippen LogP contribution >= 0.6 is 0 Å². The summed E-state index contributed by atoms with van der Waals surface area (Å²) in [4.78, 5) is 17.5. The van der Waals surface area contributed by atoms with E-state index in [2.05, 4.69) is 15.2 Å². The Balaban J connectivity index is 1.48. The summed E-state index contributed by atoms with van der Waals surface area (Å²) in [6.45, 7) is 3.35. The molecule has 0 saturated carbocycles. The van der Waals surface area contributed by atoms with Crippen LogP contribution in [-0.2, 0) is 18.8 Å². The molecule has 4 aromatic rings. The molecule has 0 N–H and O–H groups in total. The first-order valence-corrected chi connectivity index (χ1v) is 10.3. The van der Waals surface area contributed by atoms with E-state index < -0.39 is 0 Å². The molecule has 5 rings (SSSR count). The zero-order chi connectivity index (χ0) is 21.5. The van der Waals surface area contributed by atoms with Crippen LogP contribution in [0.5, 0.6) is 11.8 Å². The predicted molar refractivity (Wildman–Crippen MR) is 115 cm³/mol. The Morgan fingerprint density at radius 2 is 1.87 bits per heavy atom. The first-order valence-electron chi connectivity index (χ1n) is 10.3. The van der Waals surface area contributed by atoms with Gasteiger partial charge in [0.15, 0.2) is 5.65 Å². The SMILES string of the molecule is Cc1nn(C)cc1-c1ccc(Oc2nc3c(cnn3C3CCOCC3)c(=O)n2C)cc1. The molecular weight excluding hydrogens is 396 g/mol. The Kier molecular flexibility index (Phi) is 4.82. The Morgan fingerprint density at radius 3 is 2.55 bits per heavy atom. The molecule has 1 aromatic carbocycles. The summed E-state index contributed by atoms with van der Waals surface area (Å²) in [5, 5.41) is 9.33. The van der Waals surface area contributed by atoms with E-state index in [1.165, 1.54) is 4.57 Å². The highest BCUT2D eigenvalue weighted by molar-refractivity contribution is 5.74. The second kappa shape index (κ2) is 7.66. The third-order valence-electron chi connectivity index (χ3n) is 5.72. The summed E-state index contributed by atoms with van der Waals surface area (Å²) in [7, 11) is 3.56. The maximum atomic E-state index is 12.9. The fraction of sp³-hybridized carbons (Fsp3) is 0.364. The van der Waals surface area contributed by atoms with Crippen LogP contribution in [0.15, 0.2) is 41.5 Å². The Labute approximate surface area is 178 Å². The van der Waals surface area contributed by atoms with Gasteiger partial charge in [0.05, 0.1) is 17.9 Å². The van der Waals surface area contributed by atoms with Crippen molar-refractivity contribution in [3.63, 3.8) is 0 Å². The van der Waals surface area contributed by atoms with Crippen molar-refractivity contribution in [1.82, 2.24) is 29.1 Å². The third-order valence-corrected chi connectivity index (χ3v) is 5.72. The highest BCUT2D eigenvalue weighted by atomic mass is 16.5. The topological polar surface area (TPSA) is 89.0 Å². The van der Waals surface area contributed by atoms with E-state index in [1.807, 2.05) is 49.1 Å². The first-order chi connectivity index (χ1) is 15.0. The summed E-state index contributed by atoms with van der Waals surface area (Å²) < 4.78 is 16.5. The summed E-state index contributed by atoms with van der Waals surface area (Å²) in [5.74, 6) is 0.601. The van der Waals surface area contributed by atoms with Gasteiger partial charge >= 0.3 is 6.01 Å². The van der Waals surface area contributed by atoms with E-state index >= 15 is 0 Å². The lowest BCUT2D eigenvalue weighted by molar-refractivity contribution is 0.0673. The van der Waals surface area contributed by atoms with Crippen LogP contribution in [-0.4, -0.2) is 42.3 Å². The van der Waals surface area contributed by atoms with Gasteiger partial charge in [-0.05, 0) is 37.5 Å². The fourth-order valence-electron chi connectivity index (χ4n) is 4.03. The second-order valence-electron chi connectivity index (χ2n) is 7.86. The van der Waals surface area contributed by atoms with Crippen LogP contribution in [0.4, 0.5) is 0 Å². The van der Waals surface area contributed by atoms with E-state index in [4.69, 9.17) is 9.47 Å². The minimum atomic E-state index is -0.180. The number of ether oxygens (including phenoxy) is 2. The molecule has 9 nitrogen and oxygen atoms in total. The molecule has 0 aliphatic carbocycles. The Morgan fingerprint density at radius 1 is 1.13 bits per heavy atom. The molecule has 4 heterocycles. The second-order valence-corrected chi connectivity index (χ2v) is 7.86. The van der Waals surface area contributed by atoms with Gasteiger partial charge in [0.2, 0.25) is 0 Å². The Bertz CT molecular complexity index is 1300. The molecule has 0 unspecified atom stereocenters. The lowest BCUT2D eigenvalue weighted by Crippen LogP contribution is -2.23. The predicted octanol–water partition coefficient (Wildman–Crippen LogP) is 2.98. The van der Waals surface area contributed by atoms with Gasteiger partial charge in [0.25, 0.3) is 5.56 Å². The smallest absolute Gasteiger partial charge is 0.306 e. The largest absolute Gasteiger partial charge is 0.425 e. The number of aryl methyl sites for hydroxylation is 2. The molecule has 0 bridgehead atoms. The normalized spacial score (nSPS) is 14.9. The van der Waals surface area contributed by atoms with Crippen molar-refractivity contribution in [2.24, 2.45) is 14.1 Å². The van der Waals surface area contributed by atoms with Gasteiger partial charge in [-0.2, -0.15) is 15.2 Å². The monoisotopic (exact) mass is 420 g/mol. The number of aromatic nitrogens is 6. The van der Waals surface area contributed by atoms with Gasteiger partial charge in [-0.1, -0.05) is 12.1 Å². The third kappa shape index (κ3) is 3.50. The van der Waals surface area contributed by atoms with Crippen molar-refractivity contribution in [2.75, 3.05) is 13.2 Å². The molecule has 1 aliphatic rings. The zero-order valence-corrected chi connectivity index (χ0v) is 17.8. The van der Waals surface area contributed by atoms with Crippen molar-refractivity contribution < 1.29 is 9.47 Å². The molecule has 31 heavy (non-hydrogen) atoms. The molecule has 9 heteroatoms.